The van der Waals surface area contributed by atoms with Gasteiger partial charge in [0.05, 0.1) is 10.6 Å². The van der Waals surface area contributed by atoms with Crippen molar-refractivity contribution in [3.8, 4) is 0 Å². The number of hydrogen-bond acceptors (Lipinski definition) is 2. The first-order valence-corrected chi connectivity index (χ1v) is 5.73. The van der Waals surface area contributed by atoms with E-state index in [1.54, 1.807) is 0 Å². The van der Waals surface area contributed by atoms with Gasteiger partial charge in [-0.2, -0.15) is 13.2 Å². The summed E-state index contributed by atoms with van der Waals surface area (Å²) in [7, 11) is 0. The van der Waals surface area contributed by atoms with Crippen molar-refractivity contribution in [2.75, 3.05) is 6.54 Å². The third kappa shape index (κ3) is 3.13. The Hall–Kier alpha value is -1.30. The minimum atomic E-state index is -4.41. The van der Waals surface area contributed by atoms with Gasteiger partial charge >= 0.3 is 6.18 Å². The minimum absolute atomic E-state index is 0.00955. The molecule has 0 aromatic carbocycles. The van der Waals surface area contributed by atoms with Crippen LogP contribution in [0, 0.1) is 0 Å². The molecular weight excluding hydrogens is 269 g/mol. The lowest BCUT2D eigenvalue weighted by Crippen LogP contribution is -2.40. The largest absolute Gasteiger partial charge is 0.406 e. The SMILES string of the molecule is O=C(c1cnccc1Cl)N(CC(F)(F)F)C1CC1. The molecule has 0 bridgehead atoms. The lowest BCUT2D eigenvalue weighted by Gasteiger charge is -2.24. The number of rotatable bonds is 3. The van der Waals surface area contributed by atoms with E-state index in [0.717, 1.165) is 4.90 Å². The van der Waals surface area contributed by atoms with Crippen LogP contribution in [0.2, 0.25) is 5.02 Å². The summed E-state index contributed by atoms with van der Waals surface area (Å²) in [6, 6.07) is 1.04. The highest BCUT2D eigenvalue weighted by Crippen LogP contribution is 2.32. The Bertz CT molecular complexity index is 460. The third-order valence-electron chi connectivity index (χ3n) is 2.60. The summed E-state index contributed by atoms with van der Waals surface area (Å²) in [6.45, 7) is -1.25. The van der Waals surface area contributed by atoms with Gasteiger partial charge in [-0.3, -0.25) is 9.78 Å². The predicted octanol–water partition coefficient (Wildman–Crippen LogP) is 2.90. The van der Waals surface area contributed by atoms with Crippen LogP contribution in [0.25, 0.3) is 0 Å². The van der Waals surface area contributed by atoms with Gasteiger partial charge in [-0.1, -0.05) is 11.6 Å². The summed E-state index contributed by atoms with van der Waals surface area (Å²) in [6.07, 6.45) is -0.646. The molecule has 1 heterocycles. The fraction of sp³-hybridized carbons (Fsp3) is 0.455. The van der Waals surface area contributed by atoms with E-state index >= 15 is 0 Å². The Labute approximate surface area is 107 Å². The maximum Gasteiger partial charge on any atom is 0.406 e. The Kier molecular flexibility index (Phi) is 3.47. The van der Waals surface area contributed by atoms with Gasteiger partial charge < -0.3 is 4.90 Å². The van der Waals surface area contributed by atoms with Crippen molar-refractivity contribution in [3.63, 3.8) is 0 Å². The molecule has 98 valence electrons. The zero-order chi connectivity index (χ0) is 13.3. The number of carbonyl (C=O) groups excluding carboxylic acids is 1. The van der Waals surface area contributed by atoms with Crippen LogP contribution in [-0.2, 0) is 0 Å². The lowest BCUT2D eigenvalue weighted by molar-refractivity contribution is -0.141. The maximum absolute atomic E-state index is 12.4. The lowest BCUT2D eigenvalue weighted by atomic mass is 10.2. The number of nitrogens with zero attached hydrogens (tertiary/aromatic N) is 2. The van der Waals surface area contributed by atoms with Gasteiger partial charge in [-0.15, -0.1) is 0 Å². The van der Waals surface area contributed by atoms with Gasteiger partial charge in [0.25, 0.3) is 5.91 Å². The van der Waals surface area contributed by atoms with E-state index in [9.17, 15) is 18.0 Å². The highest BCUT2D eigenvalue weighted by molar-refractivity contribution is 6.33. The number of amides is 1. The van der Waals surface area contributed by atoms with Crippen molar-refractivity contribution in [3.05, 3.63) is 29.0 Å². The van der Waals surface area contributed by atoms with E-state index in [0.29, 0.717) is 12.8 Å². The normalized spacial score (nSPS) is 15.6. The minimum Gasteiger partial charge on any atom is -0.326 e. The van der Waals surface area contributed by atoms with E-state index in [2.05, 4.69) is 4.98 Å². The number of alkyl halides is 3. The Balaban J connectivity index is 2.21. The average molecular weight is 279 g/mol. The summed E-state index contributed by atoms with van der Waals surface area (Å²) in [4.78, 5) is 16.6. The molecule has 1 amide bonds. The predicted molar refractivity (Wildman–Crippen MR) is 59.4 cm³/mol. The first-order valence-electron chi connectivity index (χ1n) is 5.36. The van der Waals surface area contributed by atoms with Crippen molar-refractivity contribution in [2.45, 2.75) is 25.1 Å². The van der Waals surface area contributed by atoms with Crippen LogP contribution in [0.4, 0.5) is 13.2 Å². The van der Waals surface area contributed by atoms with Crippen LogP contribution in [-0.4, -0.2) is 34.6 Å². The van der Waals surface area contributed by atoms with Crippen LogP contribution >= 0.6 is 11.6 Å². The molecule has 1 aromatic rings. The van der Waals surface area contributed by atoms with Gasteiger partial charge in [-0.05, 0) is 18.9 Å². The Morgan fingerprint density at radius 1 is 1.50 bits per heavy atom. The molecule has 1 aliphatic rings. The second-order valence-corrected chi connectivity index (χ2v) is 4.54. The fourth-order valence-corrected chi connectivity index (χ4v) is 1.82. The fourth-order valence-electron chi connectivity index (χ4n) is 1.64. The van der Waals surface area contributed by atoms with Gasteiger partial charge in [0.15, 0.2) is 0 Å². The van der Waals surface area contributed by atoms with E-state index < -0.39 is 18.6 Å². The molecule has 3 nitrogen and oxygen atoms in total. The zero-order valence-corrected chi connectivity index (χ0v) is 10.0. The van der Waals surface area contributed by atoms with Crippen molar-refractivity contribution >= 4 is 17.5 Å². The molecule has 0 aliphatic heterocycles. The van der Waals surface area contributed by atoms with Crippen LogP contribution < -0.4 is 0 Å². The maximum atomic E-state index is 12.4. The van der Waals surface area contributed by atoms with E-state index in [4.69, 9.17) is 11.6 Å². The van der Waals surface area contributed by atoms with E-state index in [1.807, 2.05) is 0 Å². The highest BCUT2D eigenvalue weighted by Gasteiger charge is 2.41. The molecule has 18 heavy (non-hydrogen) atoms. The Morgan fingerprint density at radius 2 is 2.17 bits per heavy atom. The van der Waals surface area contributed by atoms with E-state index in [1.165, 1.54) is 18.5 Å². The molecule has 1 saturated carbocycles. The van der Waals surface area contributed by atoms with Gasteiger partial charge in [0, 0.05) is 18.4 Å². The summed E-state index contributed by atoms with van der Waals surface area (Å²) >= 11 is 5.79. The molecule has 0 radical (unpaired) electrons. The summed E-state index contributed by atoms with van der Waals surface area (Å²) in [5.41, 5.74) is 0.00955. The smallest absolute Gasteiger partial charge is 0.326 e. The monoisotopic (exact) mass is 278 g/mol. The van der Waals surface area contributed by atoms with Crippen molar-refractivity contribution in [2.24, 2.45) is 0 Å². The topological polar surface area (TPSA) is 33.2 Å². The molecule has 2 rings (SSSR count). The number of aromatic nitrogens is 1. The van der Waals surface area contributed by atoms with Gasteiger partial charge in [-0.25, -0.2) is 0 Å². The average Bonchev–Trinajstić information content (AvgIpc) is 3.08. The third-order valence-corrected chi connectivity index (χ3v) is 2.93. The molecule has 1 aromatic heterocycles. The molecule has 0 N–H and O–H groups in total. The molecule has 7 heteroatoms. The number of carbonyl (C=O) groups is 1. The second-order valence-electron chi connectivity index (χ2n) is 4.13. The Morgan fingerprint density at radius 3 is 2.67 bits per heavy atom. The van der Waals surface area contributed by atoms with Crippen molar-refractivity contribution < 1.29 is 18.0 Å². The van der Waals surface area contributed by atoms with E-state index in [-0.39, 0.29) is 16.6 Å². The first kappa shape index (κ1) is 13.1. The number of halogens is 4. The molecule has 1 aliphatic carbocycles. The standard InChI is InChI=1S/C11H10ClF3N2O/c12-9-3-4-16-5-8(9)10(18)17(7-1-2-7)6-11(13,14)15/h3-5,7H,1-2,6H2. The van der Waals surface area contributed by atoms with Crippen LogP contribution in [0.15, 0.2) is 18.5 Å². The van der Waals surface area contributed by atoms with Crippen LogP contribution in [0.5, 0.6) is 0 Å². The van der Waals surface area contributed by atoms with Crippen LogP contribution in [0.1, 0.15) is 23.2 Å². The number of pyridine rings is 1. The number of hydrogen-bond donors (Lipinski definition) is 0. The molecular formula is C11H10ClF3N2O. The van der Waals surface area contributed by atoms with Crippen molar-refractivity contribution in [1.82, 2.24) is 9.88 Å². The molecule has 0 atom stereocenters. The van der Waals surface area contributed by atoms with Gasteiger partial charge in [0.1, 0.15) is 6.54 Å². The zero-order valence-electron chi connectivity index (χ0n) is 9.25. The molecule has 0 spiro atoms. The van der Waals surface area contributed by atoms with Crippen molar-refractivity contribution in [1.29, 1.82) is 0 Å². The quantitative estimate of drug-likeness (QED) is 0.852. The second kappa shape index (κ2) is 4.76. The first-order chi connectivity index (χ1) is 8.38. The van der Waals surface area contributed by atoms with Crippen LogP contribution in [0.3, 0.4) is 0 Å². The highest BCUT2D eigenvalue weighted by atomic mass is 35.5. The summed E-state index contributed by atoms with van der Waals surface area (Å²) in [5.74, 6) is -0.715. The summed E-state index contributed by atoms with van der Waals surface area (Å²) in [5, 5.41) is 0.114. The molecule has 0 saturated heterocycles. The molecule has 1 fully saturated rings. The molecule has 0 unspecified atom stereocenters. The van der Waals surface area contributed by atoms with Gasteiger partial charge in [0.2, 0.25) is 0 Å². The summed E-state index contributed by atoms with van der Waals surface area (Å²) < 4.78 is 37.3.